The largest absolute Gasteiger partial charge is 0.0654 e. The van der Waals surface area contributed by atoms with Gasteiger partial charge in [0.05, 0.1) is 0 Å². The fourth-order valence-electron chi connectivity index (χ4n) is 3.20. The lowest BCUT2D eigenvalue weighted by Crippen LogP contribution is -1.96. The SMILES string of the molecule is CCCCC1=C(C)C(C(C)C)=C(c2ccccc2)C1. The maximum Gasteiger partial charge on any atom is -0.00524 e. The van der Waals surface area contributed by atoms with Crippen molar-refractivity contribution in [2.75, 3.05) is 0 Å². The van der Waals surface area contributed by atoms with Gasteiger partial charge in [0.15, 0.2) is 0 Å². The highest BCUT2D eigenvalue weighted by Crippen LogP contribution is 2.43. The van der Waals surface area contributed by atoms with E-state index in [4.69, 9.17) is 0 Å². The van der Waals surface area contributed by atoms with E-state index >= 15 is 0 Å². The number of hydrogen-bond donors (Lipinski definition) is 0. The Kier molecular flexibility index (Phi) is 4.63. The Morgan fingerprint density at radius 3 is 2.37 bits per heavy atom. The van der Waals surface area contributed by atoms with Gasteiger partial charge in [-0.1, -0.05) is 63.1 Å². The first-order chi connectivity index (χ1) is 9.15. The molecule has 0 spiro atoms. The Morgan fingerprint density at radius 1 is 1.11 bits per heavy atom. The zero-order valence-electron chi connectivity index (χ0n) is 12.8. The molecule has 0 aliphatic heterocycles. The minimum absolute atomic E-state index is 0.620. The normalized spacial score (nSPS) is 15.8. The van der Waals surface area contributed by atoms with E-state index in [0.717, 1.165) is 0 Å². The molecule has 102 valence electrons. The van der Waals surface area contributed by atoms with Crippen molar-refractivity contribution in [2.45, 2.75) is 53.4 Å². The van der Waals surface area contributed by atoms with Crippen molar-refractivity contribution in [3.8, 4) is 0 Å². The van der Waals surface area contributed by atoms with E-state index < -0.39 is 0 Å². The third-order valence-electron chi connectivity index (χ3n) is 4.18. The smallest absolute Gasteiger partial charge is 0.00524 e. The number of unbranched alkanes of at least 4 members (excludes halogenated alkanes) is 1. The van der Waals surface area contributed by atoms with Crippen LogP contribution in [0, 0.1) is 5.92 Å². The van der Waals surface area contributed by atoms with Crippen LogP contribution in [0.4, 0.5) is 0 Å². The van der Waals surface area contributed by atoms with Gasteiger partial charge in [-0.15, -0.1) is 0 Å². The molecule has 0 radical (unpaired) electrons. The van der Waals surface area contributed by atoms with Crippen LogP contribution in [0.15, 0.2) is 47.1 Å². The quantitative estimate of drug-likeness (QED) is 0.604. The van der Waals surface area contributed by atoms with Crippen LogP contribution in [0.3, 0.4) is 0 Å². The summed E-state index contributed by atoms with van der Waals surface area (Å²) in [7, 11) is 0. The van der Waals surface area contributed by atoms with Crippen molar-refractivity contribution in [3.63, 3.8) is 0 Å². The standard InChI is InChI=1S/C19H26/c1-5-6-10-17-13-18(16-11-8-7-9-12-16)19(14(2)3)15(17)4/h7-9,11-12,14H,5-6,10,13H2,1-4H3. The van der Waals surface area contributed by atoms with Crippen molar-refractivity contribution < 1.29 is 0 Å². The number of allylic oxidation sites excluding steroid dienone is 4. The molecule has 0 saturated carbocycles. The highest BCUT2D eigenvalue weighted by Gasteiger charge is 2.23. The topological polar surface area (TPSA) is 0 Å². The lowest BCUT2D eigenvalue weighted by Gasteiger charge is -2.13. The second kappa shape index (κ2) is 6.23. The van der Waals surface area contributed by atoms with Crippen LogP contribution in [0.1, 0.15) is 58.9 Å². The van der Waals surface area contributed by atoms with Gasteiger partial charge in [0, 0.05) is 0 Å². The Bertz CT molecular complexity index is 486. The molecule has 19 heavy (non-hydrogen) atoms. The fourth-order valence-corrected chi connectivity index (χ4v) is 3.20. The molecule has 0 unspecified atom stereocenters. The molecular weight excluding hydrogens is 228 g/mol. The predicted molar refractivity (Wildman–Crippen MR) is 85.0 cm³/mol. The molecule has 0 fully saturated rings. The predicted octanol–water partition coefficient (Wildman–Crippen LogP) is 6.01. The molecule has 0 saturated heterocycles. The Hall–Kier alpha value is -1.30. The summed E-state index contributed by atoms with van der Waals surface area (Å²) in [5, 5.41) is 0. The van der Waals surface area contributed by atoms with Crippen LogP contribution in [0.5, 0.6) is 0 Å². The van der Waals surface area contributed by atoms with E-state index in [-0.39, 0.29) is 0 Å². The van der Waals surface area contributed by atoms with Gasteiger partial charge in [0.25, 0.3) is 0 Å². The van der Waals surface area contributed by atoms with Crippen LogP contribution in [-0.4, -0.2) is 0 Å². The average molecular weight is 254 g/mol. The van der Waals surface area contributed by atoms with E-state index in [2.05, 4.69) is 58.0 Å². The summed E-state index contributed by atoms with van der Waals surface area (Å²) in [5.74, 6) is 0.620. The molecule has 0 amide bonds. The summed E-state index contributed by atoms with van der Waals surface area (Å²) in [4.78, 5) is 0. The summed E-state index contributed by atoms with van der Waals surface area (Å²) in [6.45, 7) is 9.26. The lowest BCUT2D eigenvalue weighted by molar-refractivity contribution is 0.764. The third kappa shape index (κ3) is 3.00. The molecule has 1 aliphatic rings. The molecule has 0 heterocycles. The van der Waals surface area contributed by atoms with Gasteiger partial charge in [0.2, 0.25) is 0 Å². The van der Waals surface area contributed by atoms with Crippen molar-refractivity contribution in [2.24, 2.45) is 5.92 Å². The van der Waals surface area contributed by atoms with Crippen molar-refractivity contribution >= 4 is 5.57 Å². The van der Waals surface area contributed by atoms with Crippen LogP contribution >= 0.6 is 0 Å². The van der Waals surface area contributed by atoms with Gasteiger partial charge < -0.3 is 0 Å². The molecule has 0 N–H and O–H groups in total. The molecule has 0 heteroatoms. The molecule has 0 aromatic heterocycles. The van der Waals surface area contributed by atoms with E-state index in [0.29, 0.717) is 5.92 Å². The summed E-state index contributed by atoms with van der Waals surface area (Å²) in [6.07, 6.45) is 5.05. The zero-order valence-corrected chi connectivity index (χ0v) is 12.8. The average Bonchev–Trinajstić information content (AvgIpc) is 2.74. The lowest BCUT2D eigenvalue weighted by atomic mass is 9.92. The Labute approximate surface area is 118 Å². The molecule has 2 rings (SSSR count). The molecule has 0 bridgehead atoms. The number of hydrogen-bond acceptors (Lipinski definition) is 0. The second-order valence-corrected chi connectivity index (χ2v) is 5.92. The number of rotatable bonds is 5. The first-order valence-electron chi connectivity index (χ1n) is 7.62. The Balaban J connectivity index is 2.34. The van der Waals surface area contributed by atoms with Gasteiger partial charge in [0.1, 0.15) is 0 Å². The van der Waals surface area contributed by atoms with E-state index in [9.17, 15) is 0 Å². The van der Waals surface area contributed by atoms with Crippen molar-refractivity contribution in [1.29, 1.82) is 0 Å². The highest BCUT2D eigenvalue weighted by atomic mass is 14.3. The first kappa shape index (κ1) is 14.1. The summed E-state index contributed by atoms with van der Waals surface area (Å²) >= 11 is 0. The third-order valence-corrected chi connectivity index (χ3v) is 4.18. The maximum atomic E-state index is 2.33. The van der Waals surface area contributed by atoms with Crippen LogP contribution < -0.4 is 0 Å². The monoisotopic (exact) mass is 254 g/mol. The summed E-state index contributed by atoms with van der Waals surface area (Å²) < 4.78 is 0. The van der Waals surface area contributed by atoms with Gasteiger partial charge in [-0.25, -0.2) is 0 Å². The van der Waals surface area contributed by atoms with E-state index in [1.807, 2.05) is 0 Å². The van der Waals surface area contributed by atoms with Crippen LogP contribution in [0.25, 0.3) is 5.57 Å². The molecule has 0 atom stereocenters. The molecule has 1 aromatic carbocycles. The van der Waals surface area contributed by atoms with Gasteiger partial charge in [-0.05, 0) is 54.4 Å². The first-order valence-corrected chi connectivity index (χ1v) is 7.62. The molecule has 1 aliphatic carbocycles. The summed E-state index contributed by atoms with van der Waals surface area (Å²) in [5.41, 5.74) is 7.82. The maximum absolute atomic E-state index is 2.33. The van der Waals surface area contributed by atoms with Gasteiger partial charge in [-0.2, -0.15) is 0 Å². The van der Waals surface area contributed by atoms with Crippen LogP contribution in [0.2, 0.25) is 0 Å². The summed E-state index contributed by atoms with van der Waals surface area (Å²) in [6, 6.07) is 10.9. The Morgan fingerprint density at radius 2 is 1.79 bits per heavy atom. The van der Waals surface area contributed by atoms with Crippen molar-refractivity contribution in [1.82, 2.24) is 0 Å². The minimum atomic E-state index is 0.620. The van der Waals surface area contributed by atoms with Crippen LogP contribution in [-0.2, 0) is 0 Å². The zero-order chi connectivity index (χ0) is 13.8. The van der Waals surface area contributed by atoms with Gasteiger partial charge >= 0.3 is 0 Å². The number of benzene rings is 1. The minimum Gasteiger partial charge on any atom is -0.0654 e. The second-order valence-electron chi connectivity index (χ2n) is 5.92. The molecule has 1 aromatic rings. The van der Waals surface area contributed by atoms with E-state index in [1.54, 1.807) is 22.3 Å². The van der Waals surface area contributed by atoms with Crippen molar-refractivity contribution in [3.05, 3.63) is 52.6 Å². The molecular formula is C19H26. The fraction of sp³-hybridized carbons (Fsp3) is 0.474. The van der Waals surface area contributed by atoms with Gasteiger partial charge in [-0.3, -0.25) is 0 Å². The van der Waals surface area contributed by atoms with E-state index in [1.165, 1.54) is 31.2 Å². The molecule has 0 nitrogen and oxygen atoms in total. The highest BCUT2D eigenvalue weighted by molar-refractivity contribution is 5.78.